The monoisotopic (exact) mass is 147 g/mol. The van der Waals surface area contributed by atoms with Gasteiger partial charge in [0.15, 0.2) is 0 Å². The van der Waals surface area contributed by atoms with Gasteiger partial charge in [-0.15, -0.1) is 0 Å². The summed E-state index contributed by atoms with van der Waals surface area (Å²) in [6.45, 7) is 1.23. The zero-order valence-corrected chi connectivity index (χ0v) is 6.59. The van der Waals surface area contributed by atoms with Crippen LogP contribution in [0.1, 0.15) is 12.0 Å². The van der Waals surface area contributed by atoms with Gasteiger partial charge in [-0.05, 0) is 18.4 Å². The SMILES string of the molecule is c1ccc(CCC2CN2)cc1. The Hall–Kier alpha value is -0.820. The van der Waals surface area contributed by atoms with Crippen molar-refractivity contribution in [3.8, 4) is 0 Å². The van der Waals surface area contributed by atoms with Gasteiger partial charge in [0.25, 0.3) is 0 Å². The predicted octanol–water partition coefficient (Wildman–Crippen LogP) is 1.59. The summed E-state index contributed by atoms with van der Waals surface area (Å²) in [7, 11) is 0. The molecule has 0 aromatic heterocycles. The molecule has 1 aromatic carbocycles. The molecule has 0 radical (unpaired) electrons. The third-order valence-corrected chi connectivity index (χ3v) is 2.12. The molecule has 1 aliphatic rings. The van der Waals surface area contributed by atoms with E-state index in [-0.39, 0.29) is 0 Å². The van der Waals surface area contributed by atoms with Gasteiger partial charge in [-0.25, -0.2) is 0 Å². The van der Waals surface area contributed by atoms with Crippen LogP contribution in [0.15, 0.2) is 30.3 Å². The molecule has 1 aliphatic heterocycles. The number of aryl methyl sites for hydroxylation is 1. The molecule has 0 saturated carbocycles. The van der Waals surface area contributed by atoms with E-state index in [1.807, 2.05) is 0 Å². The van der Waals surface area contributed by atoms with Gasteiger partial charge in [-0.2, -0.15) is 0 Å². The van der Waals surface area contributed by atoms with E-state index < -0.39 is 0 Å². The fourth-order valence-corrected chi connectivity index (χ4v) is 1.27. The fraction of sp³-hybridized carbons (Fsp3) is 0.400. The third-order valence-electron chi connectivity index (χ3n) is 2.12. The molecule has 1 N–H and O–H groups in total. The second-order valence-corrected chi connectivity index (χ2v) is 3.13. The Bertz CT molecular complexity index is 214. The van der Waals surface area contributed by atoms with E-state index in [1.165, 1.54) is 24.9 Å². The fourth-order valence-electron chi connectivity index (χ4n) is 1.27. The Kier molecular flexibility index (Phi) is 1.91. The summed E-state index contributed by atoms with van der Waals surface area (Å²) in [5, 5.41) is 3.30. The Labute approximate surface area is 67.4 Å². The second kappa shape index (κ2) is 3.05. The first-order valence-electron chi connectivity index (χ1n) is 4.22. The Balaban J connectivity index is 1.85. The highest BCUT2D eigenvalue weighted by Crippen LogP contribution is 2.09. The van der Waals surface area contributed by atoms with E-state index in [2.05, 4.69) is 35.6 Å². The quantitative estimate of drug-likeness (QED) is 0.644. The van der Waals surface area contributed by atoms with E-state index in [0.29, 0.717) is 0 Å². The summed E-state index contributed by atoms with van der Waals surface area (Å²) < 4.78 is 0. The minimum Gasteiger partial charge on any atom is -0.311 e. The molecule has 1 aromatic rings. The lowest BCUT2D eigenvalue weighted by Crippen LogP contribution is -1.93. The highest BCUT2D eigenvalue weighted by Gasteiger charge is 2.18. The molecule has 1 unspecified atom stereocenters. The lowest BCUT2D eigenvalue weighted by Gasteiger charge is -1.97. The van der Waals surface area contributed by atoms with Crippen LogP contribution in [0.5, 0.6) is 0 Å². The molecule has 0 spiro atoms. The normalized spacial score (nSPS) is 21.6. The lowest BCUT2D eigenvalue weighted by atomic mass is 10.1. The summed E-state index contributed by atoms with van der Waals surface area (Å²) in [6.07, 6.45) is 2.52. The smallest absolute Gasteiger partial charge is 0.0196 e. The first kappa shape index (κ1) is 6.86. The topological polar surface area (TPSA) is 21.9 Å². The van der Waals surface area contributed by atoms with E-state index in [9.17, 15) is 0 Å². The van der Waals surface area contributed by atoms with E-state index >= 15 is 0 Å². The van der Waals surface area contributed by atoms with Crippen LogP contribution in [-0.2, 0) is 6.42 Å². The zero-order chi connectivity index (χ0) is 7.52. The molecule has 2 rings (SSSR count). The Morgan fingerprint density at radius 1 is 1.27 bits per heavy atom. The number of benzene rings is 1. The van der Waals surface area contributed by atoms with Gasteiger partial charge in [-0.1, -0.05) is 30.3 Å². The van der Waals surface area contributed by atoms with Gasteiger partial charge in [0.2, 0.25) is 0 Å². The van der Waals surface area contributed by atoms with E-state index in [4.69, 9.17) is 0 Å². The molecule has 58 valence electrons. The average Bonchev–Trinajstić information content (AvgIpc) is 2.86. The van der Waals surface area contributed by atoms with Crippen molar-refractivity contribution in [3.05, 3.63) is 35.9 Å². The maximum atomic E-state index is 3.30. The Morgan fingerprint density at radius 2 is 2.00 bits per heavy atom. The maximum Gasteiger partial charge on any atom is 0.0196 e. The molecule has 1 heterocycles. The average molecular weight is 147 g/mol. The van der Waals surface area contributed by atoms with Crippen molar-refractivity contribution in [2.75, 3.05) is 6.54 Å². The van der Waals surface area contributed by atoms with Crippen LogP contribution in [0.25, 0.3) is 0 Å². The molecule has 0 bridgehead atoms. The molecule has 0 amide bonds. The maximum absolute atomic E-state index is 3.30. The predicted molar refractivity (Wildman–Crippen MR) is 46.6 cm³/mol. The van der Waals surface area contributed by atoms with Crippen molar-refractivity contribution in [2.45, 2.75) is 18.9 Å². The lowest BCUT2D eigenvalue weighted by molar-refractivity contribution is 0.802. The van der Waals surface area contributed by atoms with Crippen LogP contribution >= 0.6 is 0 Å². The molecule has 1 fully saturated rings. The van der Waals surface area contributed by atoms with Crippen molar-refractivity contribution in [3.63, 3.8) is 0 Å². The van der Waals surface area contributed by atoms with Gasteiger partial charge in [0.1, 0.15) is 0 Å². The Morgan fingerprint density at radius 3 is 2.64 bits per heavy atom. The van der Waals surface area contributed by atoms with Crippen LogP contribution in [0.4, 0.5) is 0 Å². The van der Waals surface area contributed by atoms with Crippen LogP contribution in [0.3, 0.4) is 0 Å². The van der Waals surface area contributed by atoms with Gasteiger partial charge in [0, 0.05) is 12.6 Å². The van der Waals surface area contributed by atoms with Gasteiger partial charge >= 0.3 is 0 Å². The minimum atomic E-state index is 0.815. The van der Waals surface area contributed by atoms with Crippen molar-refractivity contribution < 1.29 is 0 Å². The molecule has 0 aliphatic carbocycles. The molecule has 1 atom stereocenters. The second-order valence-electron chi connectivity index (χ2n) is 3.13. The van der Waals surface area contributed by atoms with E-state index in [1.54, 1.807) is 0 Å². The molecule has 1 heteroatoms. The summed E-state index contributed by atoms with van der Waals surface area (Å²) in [5.74, 6) is 0. The third kappa shape index (κ3) is 2.05. The first-order valence-corrected chi connectivity index (χ1v) is 4.22. The highest BCUT2D eigenvalue weighted by molar-refractivity contribution is 5.15. The van der Waals surface area contributed by atoms with Crippen molar-refractivity contribution >= 4 is 0 Å². The first-order chi connectivity index (χ1) is 5.45. The van der Waals surface area contributed by atoms with Crippen LogP contribution in [-0.4, -0.2) is 12.6 Å². The number of hydrogen-bond acceptors (Lipinski definition) is 1. The largest absolute Gasteiger partial charge is 0.311 e. The van der Waals surface area contributed by atoms with Crippen molar-refractivity contribution in [1.82, 2.24) is 5.32 Å². The van der Waals surface area contributed by atoms with Gasteiger partial charge < -0.3 is 5.32 Å². The molecule has 11 heavy (non-hydrogen) atoms. The summed E-state index contributed by atoms with van der Waals surface area (Å²) >= 11 is 0. The zero-order valence-electron chi connectivity index (χ0n) is 6.59. The number of nitrogens with one attached hydrogen (secondary N) is 1. The molecular formula is C10H13N. The molecule has 1 saturated heterocycles. The number of hydrogen-bond donors (Lipinski definition) is 1. The van der Waals surface area contributed by atoms with Crippen molar-refractivity contribution in [1.29, 1.82) is 0 Å². The van der Waals surface area contributed by atoms with Crippen LogP contribution in [0, 0.1) is 0 Å². The van der Waals surface area contributed by atoms with E-state index in [0.717, 1.165) is 6.04 Å². The molecule has 1 nitrogen and oxygen atoms in total. The van der Waals surface area contributed by atoms with Crippen LogP contribution in [0.2, 0.25) is 0 Å². The van der Waals surface area contributed by atoms with Crippen molar-refractivity contribution in [2.24, 2.45) is 0 Å². The van der Waals surface area contributed by atoms with Gasteiger partial charge in [-0.3, -0.25) is 0 Å². The van der Waals surface area contributed by atoms with Crippen LogP contribution < -0.4 is 5.32 Å². The summed E-state index contributed by atoms with van der Waals surface area (Å²) in [6, 6.07) is 11.5. The molecular weight excluding hydrogens is 134 g/mol. The standard InChI is InChI=1S/C10H13N/c1-2-4-9(5-3-1)6-7-10-8-11-10/h1-5,10-11H,6-8H2. The minimum absolute atomic E-state index is 0.815. The van der Waals surface area contributed by atoms with Gasteiger partial charge in [0.05, 0.1) is 0 Å². The summed E-state index contributed by atoms with van der Waals surface area (Å²) in [4.78, 5) is 0. The summed E-state index contributed by atoms with van der Waals surface area (Å²) in [5.41, 5.74) is 1.46. The number of rotatable bonds is 3. The highest BCUT2D eigenvalue weighted by atomic mass is 15.1.